The summed E-state index contributed by atoms with van der Waals surface area (Å²) in [5.41, 5.74) is 0. The van der Waals surface area contributed by atoms with Gasteiger partial charge < -0.3 is 4.74 Å². The van der Waals surface area contributed by atoms with E-state index in [-0.39, 0.29) is 5.91 Å². The van der Waals surface area contributed by atoms with Gasteiger partial charge in [-0.3, -0.25) is 10.1 Å². The van der Waals surface area contributed by atoms with Crippen LogP contribution in [0.1, 0.15) is 11.9 Å². The highest BCUT2D eigenvalue weighted by molar-refractivity contribution is 9.10. The van der Waals surface area contributed by atoms with Crippen LogP contribution in [0, 0.1) is 6.92 Å². The lowest BCUT2D eigenvalue weighted by molar-refractivity contribution is -0.122. The van der Waals surface area contributed by atoms with Gasteiger partial charge in [0.15, 0.2) is 6.10 Å². The molecule has 1 heterocycles. The number of aryl methyl sites for hydroxylation is 1. The van der Waals surface area contributed by atoms with Crippen LogP contribution in [0.2, 0.25) is 0 Å². The zero-order chi connectivity index (χ0) is 13.8. The molecule has 0 bridgehead atoms. The van der Waals surface area contributed by atoms with Gasteiger partial charge in [-0.15, -0.1) is 10.2 Å². The van der Waals surface area contributed by atoms with Crippen LogP contribution in [-0.4, -0.2) is 22.2 Å². The maximum absolute atomic E-state index is 11.9. The van der Waals surface area contributed by atoms with E-state index in [0.29, 0.717) is 10.9 Å². The number of anilines is 1. The molecule has 0 saturated heterocycles. The first-order chi connectivity index (χ1) is 9.04. The van der Waals surface area contributed by atoms with Gasteiger partial charge in [-0.1, -0.05) is 33.3 Å². The van der Waals surface area contributed by atoms with E-state index in [2.05, 4.69) is 31.4 Å². The molecule has 1 atom stereocenters. The summed E-state index contributed by atoms with van der Waals surface area (Å²) in [7, 11) is 0. The van der Waals surface area contributed by atoms with Crippen molar-refractivity contribution in [3.05, 3.63) is 33.7 Å². The first-order valence-corrected chi connectivity index (χ1v) is 7.19. The highest BCUT2D eigenvalue weighted by Crippen LogP contribution is 2.19. The van der Waals surface area contributed by atoms with Crippen molar-refractivity contribution in [1.82, 2.24) is 10.2 Å². The number of amides is 1. The predicted molar refractivity (Wildman–Crippen MR) is 77.5 cm³/mol. The molecule has 0 spiro atoms. The van der Waals surface area contributed by atoms with Crippen LogP contribution in [0.5, 0.6) is 5.75 Å². The van der Waals surface area contributed by atoms with Crippen LogP contribution in [0.25, 0.3) is 0 Å². The number of halogens is 1. The van der Waals surface area contributed by atoms with Gasteiger partial charge in [0.05, 0.1) is 0 Å². The van der Waals surface area contributed by atoms with Crippen LogP contribution in [0.4, 0.5) is 5.13 Å². The Hall–Kier alpha value is -1.47. The second-order valence-electron chi connectivity index (χ2n) is 3.83. The third-order valence-corrected chi connectivity index (χ3v) is 3.48. The fourth-order valence-corrected chi connectivity index (χ4v) is 2.33. The summed E-state index contributed by atoms with van der Waals surface area (Å²) in [6.07, 6.45) is -0.612. The molecular weight excluding hydrogens is 330 g/mol. The molecule has 0 saturated carbocycles. The number of nitrogens with zero attached hydrogens (tertiary/aromatic N) is 2. The highest BCUT2D eigenvalue weighted by Gasteiger charge is 2.16. The Morgan fingerprint density at radius 3 is 2.89 bits per heavy atom. The molecule has 0 radical (unpaired) electrons. The Bertz CT molecular complexity index is 588. The average Bonchev–Trinajstić information content (AvgIpc) is 2.74. The predicted octanol–water partition coefficient (Wildman–Crippen LogP) is 3.02. The quantitative estimate of drug-likeness (QED) is 0.928. The van der Waals surface area contributed by atoms with Gasteiger partial charge in [-0.05, 0) is 32.0 Å². The fraction of sp³-hybridized carbons (Fsp3) is 0.250. The van der Waals surface area contributed by atoms with Crippen molar-refractivity contribution in [1.29, 1.82) is 0 Å². The van der Waals surface area contributed by atoms with Gasteiger partial charge in [0.25, 0.3) is 5.91 Å². The van der Waals surface area contributed by atoms with Crippen molar-refractivity contribution >= 4 is 38.3 Å². The molecule has 0 aliphatic carbocycles. The Labute approximate surface area is 123 Å². The van der Waals surface area contributed by atoms with E-state index in [1.807, 2.05) is 19.1 Å². The molecule has 1 N–H and O–H groups in total. The van der Waals surface area contributed by atoms with Crippen LogP contribution in [-0.2, 0) is 4.79 Å². The standard InChI is InChI=1S/C12H12BrN3O2S/c1-7(18-10-5-3-4-9(13)6-10)11(17)14-12-16-15-8(2)19-12/h3-7H,1-2H3,(H,14,16,17). The van der Waals surface area contributed by atoms with E-state index in [0.717, 1.165) is 9.48 Å². The second kappa shape index (κ2) is 6.12. The van der Waals surface area contributed by atoms with E-state index in [1.165, 1.54) is 11.3 Å². The van der Waals surface area contributed by atoms with Crippen LogP contribution in [0.3, 0.4) is 0 Å². The maximum Gasteiger partial charge on any atom is 0.266 e. The zero-order valence-electron chi connectivity index (χ0n) is 10.4. The maximum atomic E-state index is 11.9. The molecule has 5 nitrogen and oxygen atoms in total. The lowest BCUT2D eigenvalue weighted by Gasteiger charge is -2.13. The van der Waals surface area contributed by atoms with Crippen molar-refractivity contribution < 1.29 is 9.53 Å². The van der Waals surface area contributed by atoms with Gasteiger partial charge in [0.1, 0.15) is 10.8 Å². The molecular formula is C12H12BrN3O2S. The first kappa shape index (κ1) is 14.0. The molecule has 1 aromatic carbocycles. The number of ether oxygens (including phenoxy) is 1. The number of carbonyl (C=O) groups excluding carboxylic acids is 1. The topological polar surface area (TPSA) is 64.1 Å². The summed E-state index contributed by atoms with van der Waals surface area (Å²) in [5.74, 6) is 0.376. The summed E-state index contributed by atoms with van der Waals surface area (Å²) < 4.78 is 6.45. The molecule has 2 rings (SSSR count). The fourth-order valence-electron chi connectivity index (χ4n) is 1.35. The molecule has 0 aliphatic rings. The lowest BCUT2D eigenvalue weighted by atomic mass is 10.3. The molecule has 1 unspecified atom stereocenters. The van der Waals surface area contributed by atoms with Crippen LogP contribution in [0.15, 0.2) is 28.7 Å². The Kier molecular flexibility index (Phi) is 4.49. The molecule has 1 amide bonds. The Balaban J connectivity index is 1.96. The molecule has 7 heteroatoms. The average molecular weight is 342 g/mol. The zero-order valence-corrected chi connectivity index (χ0v) is 12.8. The van der Waals surface area contributed by atoms with Gasteiger partial charge >= 0.3 is 0 Å². The molecule has 19 heavy (non-hydrogen) atoms. The number of rotatable bonds is 4. The first-order valence-electron chi connectivity index (χ1n) is 5.58. The third kappa shape index (κ3) is 4.00. The van der Waals surface area contributed by atoms with Gasteiger partial charge in [0.2, 0.25) is 5.13 Å². The summed E-state index contributed by atoms with van der Waals surface area (Å²) in [4.78, 5) is 11.9. The Morgan fingerprint density at radius 1 is 1.47 bits per heavy atom. The van der Waals surface area contributed by atoms with Gasteiger partial charge in [0, 0.05) is 4.47 Å². The minimum absolute atomic E-state index is 0.254. The molecule has 0 aliphatic heterocycles. The van der Waals surface area contributed by atoms with E-state index >= 15 is 0 Å². The van der Waals surface area contributed by atoms with Crippen LogP contribution >= 0.6 is 27.3 Å². The van der Waals surface area contributed by atoms with Crippen molar-refractivity contribution in [3.8, 4) is 5.75 Å². The minimum atomic E-state index is -0.612. The molecule has 2 aromatic rings. The molecule has 0 fully saturated rings. The normalized spacial score (nSPS) is 11.9. The monoisotopic (exact) mass is 341 g/mol. The lowest BCUT2D eigenvalue weighted by Crippen LogP contribution is -2.30. The van der Waals surface area contributed by atoms with Crippen molar-refractivity contribution in [2.24, 2.45) is 0 Å². The third-order valence-electron chi connectivity index (χ3n) is 2.23. The summed E-state index contributed by atoms with van der Waals surface area (Å²) >= 11 is 4.67. The Morgan fingerprint density at radius 2 is 2.26 bits per heavy atom. The summed E-state index contributed by atoms with van der Waals surface area (Å²) in [6.45, 7) is 3.51. The smallest absolute Gasteiger partial charge is 0.266 e. The number of nitrogens with one attached hydrogen (secondary N) is 1. The molecule has 1 aromatic heterocycles. The number of hydrogen-bond acceptors (Lipinski definition) is 5. The largest absolute Gasteiger partial charge is 0.481 e. The van der Waals surface area contributed by atoms with E-state index in [9.17, 15) is 4.79 Å². The minimum Gasteiger partial charge on any atom is -0.481 e. The van der Waals surface area contributed by atoms with E-state index < -0.39 is 6.10 Å². The summed E-state index contributed by atoms with van der Waals surface area (Å²) in [6, 6.07) is 7.34. The highest BCUT2D eigenvalue weighted by atomic mass is 79.9. The SMILES string of the molecule is Cc1nnc(NC(=O)C(C)Oc2cccc(Br)c2)s1. The number of benzene rings is 1. The van der Waals surface area contributed by atoms with Gasteiger partial charge in [-0.2, -0.15) is 0 Å². The number of carbonyl (C=O) groups is 1. The van der Waals surface area contributed by atoms with Gasteiger partial charge in [-0.25, -0.2) is 0 Å². The van der Waals surface area contributed by atoms with Crippen molar-refractivity contribution in [3.63, 3.8) is 0 Å². The van der Waals surface area contributed by atoms with Crippen molar-refractivity contribution in [2.45, 2.75) is 20.0 Å². The second-order valence-corrected chi connectivity index (χ2v) is 5.93. The van der Waals surface area contributed by atoms with E-state index in [4.69, 9.17) is 4.74 Å². The van der Waals surface area contributed by atoms with Crippen LogP contribution < -0.4 is 10.1 Å². The summed E-state index contributed by atoms with van der Waals surface area (Å²) in [5, 5.41) is 11.6. The number of hydrogen-bond donors (Lipinski definition) is 1. The number of aromatic nitrogens is 2. The van der Waals surface area contributed by atoms with E-state index in [1.54, 1.807) is 19.1 Å². The van der Waals surface area contributed by atoms with Crippen molar-refractivity contribution in [2.75, 3.05) is 5.32 Å². The molecule has 100 valence electrons.